The molecule has 1 aliphatic rings. The Morgan fingerprint density at radius 1 is 1.24 bits per heavy atom. The summed E-state index contributed by atoms with van der Waals surface area (Å²) in [6.45, 7) is 3.40. The maximum absolute atomic E-state index is 3.63. The number of benzene rings is 1. The first kappa shape index (κ1) is 13.1. The van der Waals surface area contributed by atoms with Gasteiger partial charge in [0.15, 0.2) is 0 Å². The highest BCUT2D eigenvalue weighted by molar-refractivity contribution is 9.10. The van der Waals surface area contributed by atoms with Gasteiger partial charge < -0.3 is 5.32 Å². The maximum Gasteiger partial charge on any atom is 0.0291 e. The molecule has 94 valence electrons. The number of hydrogen-bond donors (Lipinski definition) is 1. The molecule has 0 heterocycles. The third-order valence-electron chi connectivity index (χ3n) is 3.85. The smallest absolute Gasteiger partial charge is 0.0291 e. The quantitative estimate of drug-likeness (QED) is 0.832. The minimum absolute atomic E-state index is 0.463. The Morgan fingerprint density at radius 3 is 2.53 bits per heavy atom. The van der Waals surface area contributed by atoms with Crippen molar-refractivity contribution >= 4 is 15.9 Å². The zero-order chi connectivity index (χ0) is 12.1. The van der Waals surface area contributed by atoms with Gasteiger partial charge in [-0.1, -0.05) is 53.7 Å². The maximum atomic E-state index is 3.63. The van der Waals surface area contributed by atoms with Crippen LogP contribution in [0.25, 0.3) is 0 Å². The van der Waals surface area contributed by atoms with E-state index in [4.69, 9.17) is 0 Å². The Morgan fingerprint density at radius 2 is 1.88 bits per heavy atom. The molecule has 0 aromatic heterocycles. The lowest BCUT2D eigenvalue weighted by atomic mass is 10.0. The van der Waals surface area contributed by atoms with E-state index in [2.05, 4.69) is 52.4 Å². The molecule has 1 N–H and O–H groups in total. The molecule has 1 nitrogen and oxygen atoms in total. The SMILES string of the molecule is CC(NCCC1CCCC1)c1ccc(Br)cc1. The van der Waals surface area contributed by atoms with Crippen LogP contribution < -0.4 is 5.32 Å². The van der Waals surface area contributed by atoms with E-state index in [1.807, 2.05) is 0 Å². The standard InChI is InChI=1S/C15H22BrN/c1-12(14-6-8-15(16)9-7-14)17-11-10-13-4-2-3-5-13/h6-9,12-13,17H,2-5,10-11H2,1H3. The Kier molecular flexibility index (Phi) is 5.05. The van der Waals surface area contributed by atoms with Gasteiger partial charge >= 0.3 is 0 Å². The van der Waals surface area contributed by atoms with E-state index in [1.165, 1.54) is 37.7 Å². The van der Waals surface area contributed by atoms with Crippen molar-refractivity contribution in [1.29, 1.82) is 0 Å². The largest absolute Gasteiger partial charge is 0.310 e. The van der Waals surface area contributed by atoms with Crippen molar-refractivity contribution in [3.63, 3.8) is 0 Å². The fraction of sp³-hybridized carbons (Fsp3) is 0.600. The molecule has 1 fully saturated rings. The third-order valence-corrected chi connectivity index (χ3v) is 4.38. The van der Waals surface area contributed by atoms with Crippen LogP contribution in [0, 0.1) is 5.92 Å². The van der Waals surface area contributed by atoms with Crippen LogP contribution in [0.15, 0.2) is 28.7 Å². The molecule has 2 heteroatoms. The number of nitrogens with one attached hydrogen (secondary N) is 1. The van der Waals surface area contributed by atoms with Gasteiger partial charge in [0.05, 0.1) is 0 Å². The van der Waals surface area contributed by atoms with Gasteiger partial charge in [-0.3, -0.25) is 0 Å². The molecule has 1 aliphatic carbocycles. The van der Waals surface area contributed by atoms with Crippen LogP contribution in [0.3, 0.4) is 0 Å². The molecule has 2 rings (SSSR count). The summed E-state index contributed by atoms with van der Waals surface area (Å²) in [5.41, 5.74) is 1.37. The molecular formula is C15H22BrN. The summed E-state index contributed by atoms with van der Waals surface area (Å²) in [6.07, 6.45) is 7.16. The summed E-state index contributed by atoms with van der Waals surface area (Å²) in [4.78, 5) is 0. The number of halogens is 1. The summed E-state index contributed by atoms with van der Waals surface area (Å²) >= 11 is 3.47. The summed E-state index contributed by atoms with van der Waals surface area (Å²) in [5.74, 6) is 0.986. The van der Waals surface area contributed by atoms with Gasteiger partial charge in [-0.2, -0.15) is 0 Å². The molecule has 1 atom stereocenters. The van der Waals surface area contributed by atoms with Gasteiger partial charge in [0.1, 0.15) is 0 Å². The van der Waals surface area contributed by atoms with Crippen molar-refractivity contribution in [3.05, 3.63) is 34.3 Å². The highest BCUT2D eigenvalue weighted by atomic mass is 79.9. The van der Waals surface area contributed by atoms with E-state index >= 15 is 0 Å². The summed E-state index contributed by atoms with van der Waals surface area (Å²) in [5, 5.41) is 3.63. The van der Waals surface area contributed by atoms with Crippen molar-refractivity contribution in [2.75, 3.05) is 6.54 Å². The summed E-state index contributed by atoms with van der Waals surface area (Å²) < 4.78 is 1.15. The second kappa shape index (κ2) is 6.55. The van der Waals surface area contributed by atoms with Crippen LogP contribution >= 0.6 is 15.9 Å². The first-order chi connectivity index (χ1) is 8.25. The van der Waals surface area contributed by atoms with Crippen LogP contribution in [0.1, 0.15) is 50.6 Å². The van der Waals surface area contributed by atoms with E-state index in [9.17, 15) is 0 Å². The Labute approximate surface area is 113 Å². The van der Waals surface area contributed by atoms with Crippen LogP contribution in [-0.4, -0.2) is 6.54 Å². The fourth-order valence-corrected chi connectivity index (χ4v) is 2.94. The number of rotatable bonds is 5. The molecule has 1 unspecified atom stereocenters. The van der Waals surface area contributed by atoms with Crippen LogP contribution in [0.2, 0.25) is 0 Å². The van der Waals surface area contributed by atoms with Gasteiger partial charge in [-0.25, -0.2) is 0 Å². The van der Waals surface area contributed by atoms with Crippen molar-refractivity contribution in [2.24, 2.45) is 5.92 Å². The van der Waals surface area contributed by atoms with E-state index in [0.29, 0.717) is 6.04 Å². The zero-order valence-corrected chi connectivity index (χ0v) is 12.2. The van der Waals surface area contributed by atoms with E-state index in [1.54, 1.807) is 0 Å². The topological polar surface area (TPSA) is 12.0 Å². The fourth-order valence-electron chi connectivity index (χ4n) is 2.67. The van der Waals surface area contributed by atoms with Crippen LogP contribution in [0.5, 0.6) is 0 Å². The monoisotopic (exact) mass is 295 g/mol. The average Bonchev–Trinajstić information content (AvgIpc) is 2.83. The predicted molar refractivity (Wildman–Crippen MR) is 77.1 cm³/mol. The molecule has 1 saturated carbocycles. The normalized spacial score (nSPS) is 18.5. The summed E-state index contributed by atoms with van der Waals surface area (Å²) in [6, 6.07) is 9.08. The lowest BCUT2D eigenvalue weighted by molar-refractivity contribution is 0.455. The minimum Gasteiger partial charge on any atom is -0.310 e. The minimum atomic E-state index is 0.463. The summed E-state index contributed by atoms with van der Waals surface area (Å²) in [7, 11) is 0. The molecule has 0 bridgehead atoms. The van der Waals surface area contributed by atoms with Crippen molar-refractivity contribution < 1.29 is 0 Å². The van der Waals surface area contributed by atoms with Crippen LogP contribution in [-0.2, 0) is 0 Å². The van der Waals surface area contributed by atoms with Crippen molar-refractivity contribution in [2.45, 2.75) is 45.1 Å². The lowest BCUT2D eigenvalue weighted by Gasteiger charge is -2.16. The highest BCUT2D eigenvalue weighted by Gasteiger charge is 2.14. The highest BCUT2D eigenvalue weighted by Crippen LogP contribution is 2.27. The van der Waals surface area contributed by atoms with E-state index < -0.39 is 0 Å². The van der Waals surface area contributed by atoms with E-state index in [-0.39, 0.29) is 0 Å². The van der Waals surface area contributed by atoms with Gasteiger partial charge in [-0.15, -0.1) is 0 Å². The Bertz CT molecular complexity index is 327. The number of hydrogen-bond acceptors (Lipinski definition) is 1. The second-order valence-electron chi connectivity index (χ2n) is 5.17. The second-order valence-corrected chi connectivity index (χ2v) is 6.08. The average molecular weight is 296 g/mol. The van der Waals surface area contributed by atoms with E-state index in [0.717, 1.165) is 16.9 Å². The molecule has 1 aromatic rings. The van der Waals surface area contributed by atoms with Crippen LogP contribution in [0.4, 0.5) is 0 Å². The third kappa shape index (κ3) is 4.11. The van der Waals surface area contributed by atoms with Gasteiger partial charge in [0.2, 0.25) is 0 Å². The zero-order valence-electron chi connectivity index (χ0n) is 10.6. The molecular weight excluding hydrogens is 274 g/mol. The van der Waals surface area contributed by atoms with Gasteiger partial charge in [0.25, 0.3) is 0 Å². The Hall–Kier alpha value is -0.340. The van der Waals surface area contributed by atoms with Gasteiger partial charge in [-0.05, 0) is 43.5 Å². The Balaban J connectivity index is 1.72. The van der Waals surface area contributed by atoms with Crippen molar-refractivity contribution in [1.82, 2.24) is 5.32 Å². The van der Waals surface area contributed by atoms with Gasteiger partial charge in [0, 0.05) is 10.5 Å². The molecule has 0 saturated heterocycles. The first-order valence-corrected chi connectivity index (χ1v) is 7.54. The molecule has 0 aliphatic heterocycles. The molecule has 0 spiro atoms. The first-order valence-electron chi connectivity index (χ1n) is 6.74. The lowest BCUT2D eigenvalue weighted by Crippen LogP contribution is -2.21. The predicted octanol–water partition coefficient (Wildman–Crippen LogP) is 4.68. The molecule has 1 aromatic carbocycles. The van der Waals surface area contributed by atoms with Crippen molar-refractivity contribution in [3.8, 4) is 0 Å². The molecule has 0 radical (unpaired) electrons. The molecule has 17 heavy (non-hydrogen) atoms. The molecule has 0 amide bonds.